The molecule has 0 aromatic heterocycles. The molecule has 1 unspecified atom stereocenters. The summed E-state index contributed by atoms with van der Waals surface area (Å²) in [7, 11) is 1.67. The molecule has 118 valence electrons. The Labute approximate surface area is 127 Å². The van der Waals surface area contributed by atoms with Crippen molar-refractivity contribution in [2.75, 3.05) is 40.0 Å². The maximum Gasteiger partial charge on any atom is 0.161 e. The second-order valence-electron chi connectivity index (χ2n) is 5.73. The van der Waals surface area contributed by atoms with E-state index in [9.17, 15) is 0 Å². The van der Waals surface area contributed by atoms with Gasteiger partial charge in [-0.1, -0.05) is 19.1 Å². The molecule has 0 radical (unpaired) electrons. The Bertz CT molecular complexity index is 416. The van der Waals surface area contributed by atoms with E-state index >= 15 is 0 Å². The summed E-state index contributed by atoms with van der Waals surface area (Å²) in [6.45, 7) is 6.65. The number of hydrogen-bond donors (Lipinski definition) is 1. The van der Waals surface area contributed by atoms with Crippen molar-refractivity contribution < 1.29 is 14.2 Å². The summed E-state index contributed by atoms with van der Waals surface area (Å²) in [6.07, 6.45) is 3.27. The van der Waals surface area contributed by atoms with Crippen LogP contribution in [0.5, 0.6) is 11.5 Å². The van der Waals surface area contributed by atoms with Gasteiger partial charge in [-0.3, -0.25) is 0 Å². The van der Waals surface area contributed by atoms with Crippen LogP contribution in [0.3, 0.4) is 0 Å². The van der Waals surface area contributed by atoms with Gasteiger partial charge >= 0.3 is 0 Å². The molecule has 1 saturated heterocycles. The van der Waals surface area contributed by atoms with E-state index in [1.807, 2.05) is 24.3 Å². The van der Waals surface area contributed by atoms with Crippen LogP contribution in [-0.4, -0.2) is 40.0 Å². The Balaban J connectivity index is 1.84. The molecular weight excluding hydrogens is 266 g/mol. The highest BCUT2D eigenvalue weighted by Gasteiger charge is 2.34. The molecule has 0 amide bonds. The van der Waals surface area contributed by atoms with Gasteiger partial charge in [-0.2, -0.15) is 0 Å². The monoisotopic (exact) mass is 293 g/mol. The van der Waals surface area contributed by atoms with Crippen molar-refractivity contribution in [2.24, 2.45) is 5.41 Å². The van der Waals surface area contributed by atoms with Crippen LogP contribution in [0.25, 0.3) is 0 Å². The Morgan fingerprint density at radius 3 is 2.76 bits per heavy atom. The molecule has 0 saturated carbocycles. The van der Waals surface area contributed by atoms with Gasteiger partial charge in [0.2, 0.25) is 0 Å². The Hall–Kier alpha value is -1.26. The molecule has 1 aliphatic rings. The van der Waals surface area contributed by atoms with Gasteiger partial charge in [0, 0.05) is 18.6 Å². The third-order valence-corrected chi connectivity index (χ3v) is 4.07. The molecule has 1 heterocycles. The predicted molar refractivity (Wildman–Crippen MR) is 84.1 cm³/mol. The first-order valence-electron chi connectivity index (χ1n) is 7.84. The smallest absolute Gasteiger partial charge is 0.161 e. The quantitative estimate of drug-likeness (QED) is 0.711. The van der Waals surface area contributed by atoms with Gasteiger partial charge in [-0.25, -0.2) is 0 Å². The van der Waals surface area contributed by atoms with Crippen molar-refractivity contribution >= 4 is 0 Å². The molecule has 1 fully saturated rings. The summed E-state index contributed by atoms with van der Waals surface area (Å²) >= 11 is 0. The topological polar surface area (TPSA) is 39.7 Å². The lowest BCUT2D eigenvalue weighted by Crippen LogP contribution is -2.36. The predicted octanol–water partition coefficient (Wildman–Crippen LogP) is 2.87. The van der Waals surface area contributed by atoms with Crippen LogP contribution in [-0.2, 0) is 4.74 Å². The molecule has 0 spiro atoms. The molecule has 1 aromatic carbocycles. The zero-order valence-corrected chi connectivity index (χ0v) is 13.2. The van der Waals surface area contributed by atoms with E-state index in [2.05, 4.69) is 12.2 Å². The van der Waals surface area contributed by atoms with Crippen LogP contribution in [0.15, 0.2) is 24.3 Å². The van der Waals surface area contributed by atoms with E-state index in [4.69, 9.17) is 14.2 Å². The standard InChI is InChI=1S/C17H27NO3/c1-3-10-18-13-17(8-11-20-14-17)9-12-21-16-7-5-4-6-15(16)19-2/h4-7,18H,3,8-14H2,1-2H3. The summed E-state index contributed by atoms with van der Waals surface area (Å²) in [5.74, 6) is 1.61. The first kappa shape index (κ1) is 16.1. The number of benzene rings is 1. The van der Waals surface area contributed by atoms with Crippen LogP contribution < -0.4 is 14.8 Å². The van der Waals surface area contributed by atoms with Gasteiger partial charge in [0.1, 0.15) is 0 Å². The summed E-state index contributed by atoms with van der Waals surface area (Å²) < 4.78 is 16.8. The Morgan fingerprint density at radius 2 is 2.10 bits per heavy atom. The lowest BCUT2D eigenvalue weighted by Gasteiger charge is -2.27. The van der Waals surface area contributed by atoms with Gasteiger partial charge in [-0.05, 0) is 37.9 Å². The normalized spacial score (nSPS) is 21.4. The second-order valence-corrected chi connectivity index (χ2v) is 5.73. The molecule has 21 heavy (non-hydrogen) atoms. The van der Waals surface area contributed by atoms with Crippen molar-refractivity contribution in [3.8, 4) is 11.5 Å². The highest BCUT2D eigenvalue weighted by atomic mass is 16.5. The highest BCUT2D eigenvalue weighted by molar-refractivity contribution is 5.39. The summed E-state index contributed by atoms with van der Waals surface area (Å²) in [6, 6.07) is 7.79. The third kappa shape index (κ3) is 4.61. The average Bonchev–Trinajstić information content (AvgIpc) is 2.97. The van der Waals surface area contributed by atoms with E-state index in [0.717, 1.165) is 57.1 Å². The minimum Gasteiger partial charge on any atom is -0.493 e. The zero-order valence-electron chi connectivity index (χ0n) is 13.2. The minimum atomic E-state index is 0.219. The fraction of sp³-hybridized carbons (Fsp3) is 0.647. The number of para-hydroxylation sites is 2. The molecule has 0 aliphatic carbocycles. The molecule has 1 atom stereocenters. The van der Waals surface area contributed by atoms with Crippen molar-refractivity contribution in [2.45, 2.75) is 26.2 Å². The summed E-state index contributed by atoms with van der Waals surface area (Å²) in [4.78, 5) is 0. The fourth-order valence-corrected chi connectivity index (χ4v) is 2.72. The lowest BCUT2D eigenvalue weighted by atomic mass is 9.84. The summed E-state index contributed by atoms with van der Waals surface area (Å²) in [5.41, 5.74) is 0.219. The maximum atomic E-state index is 5.91. The molecule has 0 bridgehead atoms. The fourth-order valence-electron chi connectivity index (χ4n) is 2.72. The van der Waals surface area contributed by atoms with Gasteiger partial charge in [0.05, 0.1) is 20.3 Å². The maximum absolute atomic E-state index is 5.91. The number of hydrogen-bond acceptors (Lipinski definition) is 4. The van der Waals surface area contributed by atoms with Gasteiger partial charge in [-0.15, -0.1) is 0 Å². The lowest BCUT2D eigenvalue weighted by molar-refractivity contribution is 0.128. The average molecular weight is 293 g/mol. The van der Waals surface area contributed by atoms with E-state index in [0.29, 0.717) is 6.61 Å². The van der Waals surface area contributed by atoms with Crippen LogP contribution >= 0.6 is 0 Å². The molecule has 1 N–H and O–H groups in total. The first-order valence-corrected chi connectivity index (χ1v) is 7.84. The van der Waals surface area contributed by atoms with Crippen LogP contribution in [0.1, 0.15) is 26.2 Å². The van der Waals surface area contributed by atoms with Crippen molar-refractivity contribution in [3.05, 3.63) is 24.3 Å². The largest absolute Gasteiger partial charge is 0.493 e. The SMILES string of the molecule is CCCNCC1(CCOc2ccccc2OC)CCOC1. The van der Waals surface area contributed by atoms with E-state index < -0.39 is 0 Å². The molecule has 4 heteroatoms. The second kappa shape index (κ2) is 8.25. The molecule has 4 nitrogen and oxygen atoms in total. The van der Waals surface area contributed by atoms with E-state index in [-0.39, 0.29) is 5.41 Å². The van der Waals surface area contributed by atoms with Gasteiger partial charge in [0.25, 0.3) is 0 Å². The van der Waals surface area contributed by atoms with Crippen molar-refractivity contribution in [3.63, 3.8) is 0 Å². The van der Waals surface area contributed by atoms with E-state index in [1.54, 1.807) is 7.11 Å². The molecule has 1 aliphatic heterocycles. The van der Waals surface area contributed by atoms with Gasteiger partial charge in [0.15, 0.2) is 11.5 Å². The van der Waals surface area contributed by atoms with Crippen LogP contribution in [0, 0.1) is 5.41 Å². The van der Waals surface area contributed by atoms with Crippen molar-refractivity contribution in [1.29, 1.82) is 0 Å². The Kier molecular flexibility index (Phi) is 6.33. The minimum absolute atomic E-state index is 0.219. The number of rotatable bonds is 9. The third-order valence-electron chi connectivity index (χ3n) is 4.07. The number of ether oxygens (including phenoxy) is 3. The molecule has 1 aromatic rings. The molecule has 2 rings (SSSR count). The van der Waals surface area contributed by atoms with Crippen LogP contribution in [0.2, 0.25) is 0 Å². The Morgan fingerprint density at radius 1 is 1.29 bits per heavy atom. The van der Waals surface area contributed by atoms with Crippen molar-refractivity contribution in [1.82, 2.24) is 5.32 Å². The zero-order chi connectivity index (χ0) is 15.0. The highest BCUT2D eigenvalue weighted by Crippen LogP contribution is 2.33. The molecular formula is C17H27NO3. The van der Waals surface area contributed by atoms with E-state index in [1.165, 1.54) is 0 Å². The number of nitrogens with one attached hydrogen (secondary N) is 1. The first-order chi connectivity index (χ1) is 10.3. The van der Waals surface area contributed by atoms with Gasteiger partial charge < -0.3 is 19.5 Å². The summed E-state index contributed by atoms with van der Waals surface area (Å²) in [5, 5.41) is 3.53. The van der Waals surface area contributed by atoms with Crippen LogP contribution in [0.4, 0.5) is 0 Å². The number of methoxy groups -OCH3 is 1.